The van der Waals surface area contributed by atoms with Crippen LogP contribution < -0.4 is 16.2 Å². The average molecular weight is 235 g/mol. The number of nitrogens with one attached hydrogen (secondary N) is 1. The molecule has 4 N–H and O–H groups in total. The molecule has 2 aliphatic heterocycles. The summed E-state index contributed by atoms with van der Waals surface area (Å²) in [5.74, 6) is 6.78. The van der Waals surface area contributed by atoms with Gasteiger partial charge in [0.1, 0.15) is 5.82 Å². The number of piperidine rings is 1. The summed E-state index contributed by atoms with van der Waals surface area (Å²) in [4.78, 5) is 10.9. The van der Waals surface area contributed by atoms with E-state index >= 15 is 0 Å². The van der Waals surface area contributed by atoms with E-state index in [0.717, 1.165) is 31.5 Å². The van der Waals surface area contributed by atoms with Crippen molar-refractivity contribution in [3.63, 3.8) is 0 Å². The molecule has 17 heavy (non-hydrogen) atoms. The first-order chi connectivity index (χ1) is 8.28. The Morgan fingerprint density at radius 1 is 1.29 bits per heavy atom. The van der Waals surface area contributed by atoms with E-state index in [1.807, 2.05) is 0 Å². The van der Waals surface area contributed by atoms with Gasteiger partial charge in [-0.15, -0.1) is 0 Å². The maximum absolute atomic E-state index is 9.76. The number of aromatic nitrogens is 2. The van der Waals surface area contributed by atoms with Gasteiger partial charge in [-0.2, -0.15) is 0 Å². The lowest BCUT2D eigenvalue weighted by Gasteiger charge is -2.37. The van der Waals surface area contributed by atoms with Crippen LogP contribution in [-0.2, 0) is 0 Å². The summed E-state index contributed by atoms with van der Waals surface area (Å²) >= 11 is 0. The molecule has 3 heterocycles. The number of aliphatic hydroxyl groups is 1. The van der Waals surface area contributed by atoms with Crippen molar-refractivity contribution in [2.45, 2.75) is 43.9 Å². The van der Waals surface area contributed by atoms with E-state index in [0.29, 0.717) is 17.9 Å². The molecular formula is C11H17N5O. The van der Waals surface area contributed by atoms with Crippen LogP contribution in [-0.4, -0.2) is 33.3 Å². The number of nitrogens with zero attached hydrogens (tertiary/aromatic N) is 3. The summed E-state index contributed by atoms with van der Waals surface area (Å²) in [5, 5.41) is 9.76. The predicted molar refractivity (Wildman–Crippen MR) is 64.4 cm³/mol. The lowest BCUT2D eigenvalue weighted by molar-refractivity contribution is 0.126. The summed E-state index contributed by atoms with van der Waals surface area (Å²) < 4.78 is 0. The third kappa shape index (κ3) is 1.83. The zero-order valence-corrected chi connectivity index (χ0v) is 9.58. The minimum absolute atomic E-state index is 0.160. The molecule has 0 aromatic carbocycles. The maximum Gasteiger partial charge on any atom is 0.160 e. The van der Waals surface area contributed by atoms with Crippen molar-refractivity contribution in [1.82, 2.24) is 9.97 Å². The first kappa shape index (κ1) is 10.7. The Labute approximate surface area is 99.8 Å². The molecule has 1 aromatic heterocycles. The maximum atomic E-state index is 9.76. The van der Waals surface area contributed by atoms with Crippen LogP contribution in [0, 0.1) is 0 Å². The van der Waals surface area contributed by atoms with Gasteiger partial charge in [-0.25, -0.2) is 10.8 Å². The first-order valence-electron chi connectivity index (χ1n) is 6.03. The standard InChI is InChI=1S/C11H17N5O/c12-15-10-5-13-6-11(14-10)16-7-1-2-8(16)4-9(17)3-7/h5-9,17H,1-4,12H2,(H,14,15). The van der Waals surface area contributed by atoms with Crippen LogP contribution in [0.3, 0.4) is 0 Å². The molecule has 1 aromatic rings. The van der Waals surface area contributed by atoms with E-state index in [1.165, 1.54) is 0 Å². The Bertz CT molecular complexity index is 399. The lowest BCUT2D eigenvalue weighted by atomic mass is 10.0. The molecule has 2 atom stereocenters. The normalized spacial score (nSPS) is 31.6. The van der Waals surface area contributed by atoms with Crippen molar-refractivity contribution >= 4 is 11.6 Å². The summed E-state index contributed by atoms with van der Waals surface area (Å²) in [6.45, 7) is 0. The van der Waals surface area contributed by atoms with Crippen LogP contribution in [0.1, 0.15) is 25.7 Å². The largest absolute Gasteiger partial charge is 0.393 e. The third-order valence-corrected chi connectivity index (χ3v) is 3.74. The van der Waals surface area contributed by atoms with Crippen molar-refractivity contribution in [3.8, 4) is 0 Å². The number of fused-ring (bicyclic) bond motifs is 2. The summed E-state index contributed by atoms with van der Waals surface area (Å²) in [6.07, 6.45) is 7.13. The molecule has 2 bridgehead atoms. The summed E-state index contributed by atoms with van der Waals surface area (Å²) in [5.41, 5.74) is 2.52. The quantitative estimate of drug-likeness (QED) is 0.503. The second kappa shape index (κ2) is 4.12. The minimum Gasteiger partial charge on any atom is -0.393 e. The molecule has 6 nitrogen and oxygen atoms in total. The highest BCUT2D eigenvalue weighted by atomic mass is 16.3. The van der Waals surface area contributed by atoms with Gasteiger partial charge in [-0.3, -0.25) is 4.98 Å². The molecule has 92 valence electrons. The zero-order valence-electron chi connectivity index (χ0n) is 9.58. The van der Waals surface area contributed by atoms with Crippen LogP contribution in [0.4, 0.5) is 11.6 Å². The molecule has 2 saturated heterocycles. The number of aliphatic hydroxyl groups excluding tert-OH is 1. The smallest absolute Gasteiger partial charge is 0.160 e. The van der Waals surface area contributed by atoms with E-state index in [9.17, 15) is 5.11 Å². The van der Waals surface area contributed by atoms with Crippen LogP contribution in [0.25, 0.3) is 0 Å². The fourth-order valence-electron chi connectivity index (χ4n) is 3.07. The van der Waals surface area contributed by atoms with E-state index in [-0.39, 0.29) is 6.10 Å². The molecule has 6 heteroatoms. The highest BCUT2D eigenvalue weighted by Gasteiger charge is 2.40. The fraction of sp³-hybridized carbons (Fsp3) is 0.636. The Kier molecular flexibility index (Phi) is 2.60. The molecule has 0 spiro atoms. The lowest BCUT2D eigenvalue weighted by Crippen LogP contribution is -2.45. The van der Waals surface area contributed by atoms with Gasteiger partial charge in [0.25, 0.3) is 0 Å². The Morgan fingerprint density at radius 3 is 2.65 bits per heavy atom. The fourth-order valence-corrected chi connectivity index (χ4v) is 3.07. The molecular weight excluding hydrogens is 218 g/mol. The van der Waals surface area contributed by atoms with Gasteiger partial charge in [0, 0.05) is 12.1 Å². The minimum atomic E-state index is -0.160. The van der Waals surface area contributed by atoms with Crippen molar-refractivity contribution < 1.29 is 5.11 Å². The SMILES string of the molecule is NNc1cncc(N2C3CCC2CC(O)C3)n1. The first-order valence-corrected chi connectivity index (χ1v) is 6.03. The zero-order chi connectivity index (χ0) is 11.8. The van der Waals surface area contributed by atoms with Gasteiger partial charge in [-0.05, 0) is 25.7 Å². The number of nitrogen functional groups attached to an aromatic ring is 1. The molecule has 0 saturated carbocycles. The molecule has 2 fully saturated rings. The molecule has 2 aliphatic rings. The molecule has 3 rings (SSSR count). The van der Waals surface area contributed by atoms with E-state index in [4.69, 9.17) is 5.84 Å². The van der Waals surface area contributed by atoms with E-state index in [2.05, 4.69) is 20.3 Å². The van der Waals surface area contributed by atoms with Crippen LogP contribution in [0.2, 0.25) is 0 Å². The van der Waals surface area contributed by atoms with E-state index < -0.39 is 0 Å². The number of nitrogens with two attached hydrogens (primary N) is 1. The molecule has 0 radical (unpaired) electrons. The number of hydrazine groups is 1. The number of hydrogen-bond donors (Lipinski definition) is 3. The molecule has 2 unspecified atom stereocenters. The van der Waals surface area contributed by atoms with Gasteiger partial charge in [0.2, 0.25) is 0 Å². The summed E-state index contributed by atoms with van der Waals surface area (Å²) in [7, 11) is 0. The van der Waals surface area contributed by atoms with Crippen molar-refractivity contribution in [3.05, 3.63) is 12.4 Å². The predicted octanol–water partition coefficient (Wildman–Crippen LogP) is 0.254. The van der Waals surface area contributed by atoms with E-state index in [1.54, 1.807) is 12.4 Å². The van der Waals surface area contributed by atoms with Crippen molar-refractivity contribution in [1.29, 1.82) is 0 Å². The molecule has 0 amide bonds. The number of anilines is 2. The van der Waals surface area contributed by atoms with Gasteiger partial charge in [-0.1, -0.05) is 0 Å². The second-order valence-electron chi connectivity index (χ2n) is 4.82. The highest BCUT2D eigenvalue weighted by molar-refractivity contribution is 5.47. The third-order valence-electron chi connectivity index (χ3n) is 3.74. The number of rotatable bonds is 2. The topological polar surface area (TPSA) is 87.3 Å². The highest BCUT2D eigenvalue weighted by Crippen LogP contribution is 2.38. The monoisotopic (exact) mass is 235 g/mol. The average Bonchev–Trinajstić information content (AvgIpc) is 2.62. The second-order valence-corrected chi connectivity index (χ2v) is 4.82. The van der Waals surface area contributed by atoms with Gasteiger partial charge in [0.15, 0.2) is 5.82 Å². The molecule has 0 aliphatic carbocycles. The summed E-state index contributed by atoms with van der Waals surface area (Å²) in [6, 6.07) is 0.789. The van der Waals surface area contributed by atoms with Crippen molar-refractivity contribution in [2.24, 2.45) is 5.84 Å². The van der Waals surface area contributed by atoms with Gasteiger partial charge in [0.05, 0.1) is 18.5 Å². The Morgan fingerprint density at radius 2 is 2.00 bits per heavy atom. The van der Waals surface area contributed by atoms with Gasteiger partial charge < -0.3 is 15.4 Å². The van der Waals surface area contributed by atoms with Gasteiger partial charge >= 0.3 is 0 Å². The Balaban J connectivity index is 1.89. The Hall–Kier alpha value is -1.40. The van der Waals surface area contributed by atoms with Crippen molar-refractivity contribution in [2.75, 3.05) is 10.3 Å². The van der Waals surface area contributed by atoms with Crippen LogP contribution in [0.15, 0.2) is 12.4 Å². The van der Waals surface area contributed by atoms with Crippen LogP contribution in [0.5, 0.6) is 0 Å². The number of hydrogen-bond acceptors (Lipinski definition) is 6. The van der Waals surface area contributed by atoms with Crippen LogP contribution >= 0.6 is 0 Å².